The van der Waals surface area contributed by atoms with Crippen molar-refractivity contribution in [3.05, 3.63) is 71.2 Å². The largest absolute Gasteiger partial charge is 0.354 e. The van der Waals surface area contributed by atoms with Crippen molar-refractivity contribution in [3.8, 4) is 10.6 Å². The van der Waals surface area contributed by atoms with Crippen molar-refractivity contribution < 1.29 is 8.42 Å². The van der Waals surface area contributed by atoms with E-state index in [-0.39, 0.29) is 17.5 Å². The number of anilines is 3. The molecule has 228 valence electrons. The third kappa shape index (κ3) is 8.27. The van der Waals surface area contributed by atoms with Crippen molar-refractivity contribution in [3.63, 3.8) is 0 Å². The molecule has 0 spiro atoms. The Morgan fingerprint density at radius 2 is 1.72 bits per heavy atom. The van der Waals surface area contributed by atoms with Gasteiger partial charge in [-0.05, 0) is 42.9 Å². The molecule has 12 heteroatoms. The van der Waals surface area contributed by atoms with E-state index >= 15 is 0 Å². The number of aromatic nitrogens is 4. The highest BCUT2D eigenvalue weighted by atomic mass is 32.2. The number of aryl methyl sites for hydroxylation is 1. The van der Waals surface area contributed by atoms with Gasteiger partial charge in [-0.15, -0.1) is 11.3 Å². The maximum Gasteiger partial charge on any atom is 0.240 e. The molecule has 0 aliphatic carbocycles. The fourth-order valence-corrected chi connectivity index (χ4v) is 6.84. The molecule has 0 unspecified atom stereocenters. The zero-order valence-corrected chi connectivity index (χ0v) is 26.6. The molecule has 3 heterocycles. The molecule has 3 N–H and O–H groups in total. The molecule has 2 aromatic heterocycles. The van der Waals surface area contributed by atoms with Crippen LogP contribution in [0.3, 0.4) is 0 Å². The second-order valence-corrected chi connectivity index (χ2v) is 13.8. The molecule has 5 rings (SSSR count). The van der Waals surface area contributed by atoms with Crippen LogP contribution in [-0.2, 0) is 23.0 Å². The topological polar surface area (TPSA) is 125 Å². The summed E-state index contributed by atoms with van der Waals surface area (Å²) in [5.41, 5.74) is 3.13. The van der Waals surface area contributed by atoms with E-state index in [0.29, 0.717) is 30.3 Å². The zero-order valence-electron chi connectivity index (χ0n) is 25.0. The number of nitrogens with one attached hydrogen (secondary N) is 3. The molecule has 2 aromatic carbocycles. The SMILES string of the molecule is CCCc1ccc(S(=O)(=O)NC[C@H]2CCCN2c2nc(NCc3csc(-c4ccccc4)n3)nc(NCC(C)C)n2)cc1. The summed E-state index contributed by atoms with van der Waals surface area (Å²) in [6.07, 6.45) is 3.70. The number of nitrogens with zero attached hydrogens (tertiary/aromatic N) is 5. The highest BCUT2D eigenvalue weighted by molar-refractivity contribution is 7.89. The van der Waals surface area contributed by atoms with Crippen LogP contribution in [0.15, 0.2) is 64.9 Å². The Hall–Kier alpha value is -3.61. The Morgan fingerprint density at radius 1 is 0.977 bits per heavy atom. The van der Waals surface area contributed by atoms with Gasteiger partial charge in [-0.1, -0.05) is 69.7 Å². The second kappa shape index (κ2) is 14.2. The number of thiazole rings is 1. The number of benzene rings is 2. The minimum Gasteiger partial charge on any atom is -0.354 e. The van der Waals surface area contributed by atoms with Crippen molar-refractivity contribution in [1.82, 2.24) is 24.7 Å². The van der Waals surface area contributed by atoms with Gasteiger partial charge in [0.05, 0.1) is 17.1 Å². The van der Waals surface area contributed by atoms with Gasteiger partial charge in [0.2, 0.25) is 27.9 Å². The molecule has 43 heavy (non-hydrogen) atoms. The minimum absolute atomic E-state index is 0.0747. The molecule has 0 radical (unpaired) electrons. The van der Waals surface area contributed by atoms with Gasteiger partial charge in [0.15, 0.2) is 0 Å². The van der Waals surface area contributed by atoms with Gasteiger partial charge in [-0.3, -0.25) is 0 Å². The molecule has 1 atom stereocenters. The van der Waals surface area contributed by atoms with Crippen LogP contribution >= 0.6 is 11.3 Å². The summed E-state index contributed by atoms with van der Waals surface area (Å²) in [6.45, 7) is 8.55. The molecule has 0 bridgehead atoms. The molecular weight excluding hydrogens is 581 g/mol. The van der Waals surface area contributed by atoms with E-state index in [9.17, 15) is 8.42 Å². The molecule has 10 nitrogen and oxygen atoms in total. The van der Waals surface area contributed by atoms with Gasteiger partial charge in [-0.2, -0.15) is 15.0 Å². The van der Waals surface area contributed by atoms with Gasteiger partial charge in [-0.25, -0.2) is 18.1 Å². The Bertz CT molecular complexity index is 1580. The number of rotatable bonds is 14. The molecule has 1 aliphatic heterocycles. The van der Waals surface area contributed by atoms with Crippen molar-refractivity contribution in [2.45, 2.75) is 63.9 Å². The number of hydrogen-bond acceptors (Lipinski definition) is 10. The van der Waals surface area contributed by atoms with Crippen LogP contribution in [0.25, 0.3) is 10.6 Å². The second-order valence-electron chi connectivity index (χ2n) is 11.2. The van der Waals surface area contributed by atoms with Crippen molar-refractivity contribution >= 4 is 39.2 Å². The summed E-state index contributed by atoms with van der Waals surface area (Å²) in [6, 6.07) is 17.2. The first-order valence-corrected chi connectivity index (χ1v) is 17.3. The van der Waals surface area contributed by atoms with E-state index in [4.69, 9.17) is 15.0 Å². The quantitative estimate of drug-likeness (QED) is 0.166. The molecule has 1 aliphatic rings. The molecule has 4 aromatic rings. The first-order chi connectivity index (χ1) is 20.8. The predicted octanol–water partition coefficient (Wildman–Crippen LogP) is 5.57. The van der Waals surface area contributed by atoms with E-state index in [1.807, 2.05) is 35.7 Å². The van der Waals surface area contributed by atoms with E-state index in [2.05, 4.69) is 58.1 Å². The van der Waals surface area contributed by atoms with Crippen LogP contribution in [-0.4, -0.2) is 54.0 Å². The van der Waals surface area contributed by atoms with Crippen molar-refractivity contribution in [2.24, 2.45) is 5.92 Å². The maximum atomic E-state index is 13.1. The molecule has 0 saturated carbocycles. The zero-order chi connectivity index (χ0) is 30.2. The van der Waals surface area contributed by atoms with E-state index < -0.39 is 10.0 Å². The summed E-state index contributed by atoms with van der Waals surface area (Å²) < 4.78 is 29.0. The summed E-state index contributed by atoms with van der Waals surface area (Å²) in [4.78, 5) is 21.2. The van der Waals surface area contributed by atoms with Crippen LogP contribution in [0, 0.1) is 5.92 Å². The van der Waals surface area contributed by atoms with Crippen molar-refractivity contribution in [2.75, 3.05) is 35.2 Å². The smallest absolute Gasteiger partial charge is 0.240 e. The Balaban J connectivity index is 1.29. The molecule has 1 saturated heterocycles. The van der Waals surface area contributed by atoms with Gasteiger partial charge in [0, 0.05) is 36.6 Å². The predicted molar refractivity (Wildman–Crippen MR) is 174 cm³/mol. The third-order valence-electron chi connectivity index (χ3n) is 7.21. The monoisotopic (exact) mass is 620 g/mol. The summed E-state index contributed by atoms with van der Waals surface area (Å²) in [5.74, 6) is 1.87. The van der Waals surface area contributed by atoms with Gasteiger partial charge < -0.3 is 15.5 Å². The lowest BCUT2D eigenvalue weighted by molar-refractivity contribution is 0.565. The average Bonchev–Trinajstić information content (AvgIpc) is 3.69. The third-order valence-corrected chi connectivity index (χ3v) is 9.59. The highest BCUT2D eigenvalue weighted by Gasteiger charge is 2.29. The highest BCUT2D eigenvalue weighted by Crippen LogP contribution is 2.26. The molecular formula is C31H40N8O2S2. The summed E-state index contributed by atoms with van der Waals surface area (Å²) in [7, 11) is -3.64. The number of hydrogen-bond donors (Lipinski definition) is 3. The van der Waals surface area contributed by atoms with Crippen LogP contribution in [0.2, 0.25) is 0 Å². The molecule has 1 fully saturated rings. The molecule has 0 amide bonds. The standard InChI is InChI=1S/C31H40N8O2S2/c1-4-9-23-13-15-27(16-14-23)43(40,41)34-20-26-12-8-17-39(26)31-37-29(32-18-22(2)3)36-30(38-31)33-19-25-21-42-28(35-25)24-10-6-5-7-11-24/h5-7,10-11,13-16,21-22,26,34H,4,8-9,12,17-20H2,1-3H3,(H2,32,33,36,37,38)/t26-/m1/s1. The number of sulfonamides is 1. The van der Waals surface area contributed by atoms with Crippen LogP contribution < -0.4 is 20.3 Å². The summed E-state index contributed by atoms with van der Waals surface area (Å²) >= 11 is 1.60. The normalized spacial score (nSPS) is 15.3. The van der Waals surface area contributed by atoms with Crippen molar-refractivity contribution in [1.29, 1.82) is 0 Å². The Kier molecular flexibility index (Phi) is 10.2. The van der Waals surface area contributed by atoms with Gasteiger partial charge in [0.1, 0.15) is 5.01 Å². The lowest BCUT2D eigenvalue weighted by Crippen LogP contribution is -2.41. The minimum atomic E-state index is -3.64. The van der Waals surface area contributed by atoms with Crippen LogP contribution in [0.4, 0.5) is 17.8 Å². The lowest BCUT2D eigenvalue weighted by Gasteiger charge is -2.25. The van der Waals surface area contributed by atoms with E-state index in [1.54, 1.807) is 23.5 Å². The lowest BCUT2D eigenvalue weighted by atomic mass is 10.1. The van der Waals surface area contributed by atoms with Crippen LogP contribution in [0.5, 0.6) is 0 Å². The first-order valence-electron chi connectivity index (χ1n) is 14.9. The van der Waals surface area contributed by atoms with Gasteiger partial charge >= 0.3 is 0 Å². The first kappa shape index (κ1) is 30.8. The van der Waals surface area contributed by atoms with E-state index in [0.717, 1.165) is 60.6 Å². The fraction of sp³-hybridized carbons (Fsp3) is 0.419. The summed E-state index contributed by atoms with van der Waals surface area (Å²) in [5, 5.41) is 9.65. The maximum absolute atomic E-state index is 13.1. The average molecular weight is 621 g/mol. The Morgan fingerprint density at radius 3 is 2.44 bits per heavy atom. The van der Waals surface area contributed by atoms with Gasteiger partial charge in [0.25, 0.3) is 0 Å². The fourth-order valence-electron chi connectivity index (χ4n) is 4.94. The van der Waals surface area contributed by atoms with Crippen LogP contribution in [0.1, 0.15) is 51.3 Å². The Labute approximate surface area is 258 Å². The van der Waals surface area contributed by atoms with E-state index in [1.165, 1.54) is 0 Å².